The molecule has 0 spiro atoms. The van der Waals surface area contributed by atoms with Gasteiger partial charge in [0.05, 0.1) is 10.8 Å². The van der Waals surface area contributed by atoms with E-state index in [2.05, 4.69) is 16.7 Å². The molecule has 0 unspecified atom stereocenters. The molecule has 3 rings (SSSR count). The molecule has 0 saturated heterocycles. The molecule has 0 aliphatic carbocycles. The van der Waals surface area contributed by atoms with Crippen molar-refractivity contribution in [2.75, 3.05) is 6.54 Å². The Bertz CT molecular complexity index is 859. The number of nitroso groups, excluding NO2 is 1. The Hall–Kier alpha value is -2.95. The molecule has 0 saturated carbocycles. The maximum Gasteiger partial charge on any atom is 0.216 e. The molecule has 0 radical (unpaired) electrons. The smallest absolute Gasteiger partial charge is 0.216 e. The largest absolute Gasteiger partial charge is 0.356 e. The van der Waals surface area contributed by atoms with E-state index in [4.69, 9.17) is 0 Å². The van der Waals surface area contributed by atoms with Crippen LogP contribution in [0.2, 0.25) is 0 Å². The predicted molar refractivity (Wildman–Crippen MR) is 93.1 cm³/mol. The molecule has 1 amide bonds. The second-order valence-electron chi connectivity index (χ2n) is 5.41. The average molecular weight is 309 g/mol. The van der Waals surface area contributed by atoms with Gasteiger partial charge in [-0.15, -0.1) is 4.91 Å². The molecule has 0 fully saturated rings. The van der Waals surface area contributed by atoms with E-state index in [0.29, 0.717) is 13.0 Å². The topological polar surface area (TPSA) is 63.5 Å². The molecule has 5 nitrogen and oxygen atoms in total. The van der Waals surface area contributed by atoms with Crippen molar-refractivity contribution in [2.45, 2.75) is 13.3 Å². The van der Waals surface area contributed by atoms with E-state index in [0.717, 1.165) is 27.6 Å². The van der Waals surface area contributed by atoms with Gasteiger partial charge in [0.2, 0.25) is 5.91 Å². The summed E-state index contributed by atoms with van der Waals surface area (Å²) in [4.78, 5) is 22.0. The third kappa shape index (κ3) is 3.13. The summed E-state index contributed by atoms with van der Waals surface area (Å²) in [7, 11) is 0. The monoisotopic (exact) mass is 309 g/mol. The number of nitrogens with one attached hydrogen (secondary N) is 1. The average Bonchev–Trinajstić information content (AvgIpc) is 2.93. The van der Waals surface area contributed by atoms with Gasteiger partial charge in [0, 0.05) is 26.5 Å². The number of fused-ring (bicyclic) bond motifs is 1. The first-order valence-corrected chi connectivity index (χ1v) is 7.46. The van der Waals surface area contributed by atoms with Crippen LogP contribution in [0, 0.1) is 4.91 Å². The second-order valence-corrected chi connectivity index (χ2v) is 5.41. The zero-order valence-electron chi connectivity index (χ0n) is 12.8. The highest BCUT2D eigenvalue weighted by Crippen LogP contribution is 2.28. The van der Waals surface area contributed by atoms with Crippen molar-refractivity contribution in [1.82, 2.24) is 9.99 Å². The van der Waals surface area contributed by atoms with Gasteiger partial charge in [-0.2, -0.15) is 0 Å². The highest BCUT2D eigenvalue weighted by molar-refractivity contribution is 5.88. The predicted octanol–water partition coefficient (Wildman–Crippen LogP) is 3.76. The van der Waals surface area contributed by atoms with Gasteiger partial charge >= 0.3 is 0 Å². The van der Waals surface area contributed by atoms with Crippen molar-refractivity contribution in [1.29, 1.82) is 0 Å². The third-order valence-corrected chi connectivity index (χ3v) is 3.83. The summed E-state index contributed by atoms with van der Waals surface area (Å²) >= 11 is 0. The molecule has 5 heteroatoms. The van der Waals surface area contributed by atoms with E-state index in [-0.39, 0.29) is 7.33 Å². The highest BCUT2D eigenvalue weighted by Gasteiger charge is 2.10. The minimum Gasteiger partial charge on any atom is -0.356 e. The van der Waals surface area contributed by atoms with E-state index in [1.165, 1.54) is 11.6 Å². The van der Waals surface area contributed by atoms with Gasteiger partial charge in [0.1, 0.15) is 0 Å². The molecule has 23 heavy (non-hydrogen) atoms. The number of hydrogen-bond acceptors (Lipinski definition) is 3. The van der Waals surface area contributed by atoms with E-state index in [1.807, 2.05) is 42.5 Å². The van der Waals surface area contributed by atoms with Crippen LogP contribution in [-0.2, 0) is 11.2 Å². The Kier molecular flexibility index (Phi) is 4.19. The lowest BCUT2D eigenvalue weighted by Crippen LogP contribution is -2.22. The van der Waals surface area contributed by atoms with Crippen LogP contribution in [0.5, 0.6) is 0 Å². The first-order chi connectivity index (χ1) is 11.2. The SMILES string of the molecule is CC(=O)NCCc1cn(N=O)c2ccc(-c3ccccc3)cc12.[HH]. The molecule has 118 valence electrons. The van der Waals surface area contributed by atoms with Crippen molar-refractivity contribution < 1.29 is 6.22 Å². The molecule has 1 N–H and O–H groups in total. The molecular formula is C18H19N3O2. The number of amides is 1. The van der Waals surface area contributed by atoms with Crippen molar-refractivity contribution in [3.63, 3.8) is 0 Å². The van der Waals surface area contributed by atoms with Gasteiger partial charge in [-0.25, -0.2) is 4.68 Å². The van der Waals surface area contributed by atoms with E-state index >= 15 is 0 Å². The third-order valence-electron chi connectivity index (χ3n) is 3.83. The first-order valence-electron chi connectivity index (χ1n) is 7.46. The van der Waals surface area contributed by atoms with E-state index in [1.54, 1.807) is 6.20 Å². The Morgan fingerprint density at radius 1 is 1.17 bits per heavy atom. The van der Waals surface area contributed by atoms with Gasteiger partial charge in [-0.3, -0.25) is 4.79 Å². The van der Waals surface area contributed by atoms with Gasteiger partial charge in [0.25, 0.3) is 0 Å². The molecule has 0 aliphatic heterocycles. The Morgan fingerprint density at radius 3 is 2.65 bits per heavy atom. The van der Waals surface area contributed by atoms with Gasteiger partial charge in [-0.05, 0) is 35.2 Å². The van der Waals surface area contributed by atoms with E-state index in [9.17, 15) is 9.70 Å². The zero-order valence-corrected chi connectivity index (χ0v) is 12.8. The maximum atomic E-state index is 11.0. The summed E-state index contributed by atoms with van der Waals surface area (Å²) in [5, 5.41) is 6.80. The van der Waals surface area contributed by atoms with Crippen LogP contribution < -0.4 is 5.32 Å². The van der Waals surface area contributed by atoms with Crippen LogP contribution in [0.3, 0.4) is 0 Å². The fourth-order valence-electron chi connectivity index (χ4n) is 2.73. The summed E-state index contributed by atoms with van der Waals surface area (Å²) in [6.45, 7) is 2.02. The van der Waals surface area contributed by atoms with E-state index < -0.39 is 0 Å². The van der Waals surface area contributed by atoms with Crippen LogP contribution in [-0.4, -0.2) is 17.1 Å². The number of carbonyl (C=O) groups is 1. The Balaban J connectivity index is 0.00000208. The summed E-state index contributed by atoms with van der Waals surface area (Å²) in [6.07, 6.45) is 2.38. The van der Waals surface area contributed by atoms with Crippen molar-refractivity contribution in [2.24, 2.45) is 5.29 Å². The number of aromatic nitrogens is 1. The summed E-state index contributed by atoms with van der Waals surface area (Å²) < 4.78 is 1.34. The lowest BCUT2D eigenvalue weighted by Gasteiger charge is -2.04. The molecule has 1 aromatic heterocycles. The van der Waals surface area contributed by atoms with Gasteiger partial charge < -0.3 is 5.32 Å². The maximum absolute atomic E-state index is 11.0. The Morgan fingerprint density at radius 2 is 1.96 bits per heavy atom. The Labute approximate surface area is 135 Å². The minimum absolute atomic E-state index is 0. The molecule has 0 atom stereocenters. The van der Waals surface area contributed by atoms with Crippen molar-refractivity contribution in [3.8, 4) is 11.1 Å². The fourth-order valence-corrected chi connectivity index (χ4v) is 2.73. The van der Waals surface area contributed by atoms with Crippen LogP contribution in [0.1, 0.15) is 13.9 Å². The lowest BCUT2D eigenvalue weighted by molar-refractivity contribution is -0.118. The molecule has 0 bridgehead atoms. The normalized spacial score (nSPS) is 10.7. The van der Waals surface area contributed by atoms with Crippen LogP contribution in [0.15, 0.2) is 60.0 Å². The van der Waals surface area contributed by atoms with Gasteiger partial charge in [0.15, 0.2) is 0 Å². The molecule has 3 aromatic rings. The standard InChI is InChI=1S/C18H17N3O2.H2/c1-13(22)19-10-9-16-12-21(20-23)18-8-7-15(11-17(16)18)14-5-3-2-4-6-14;/h2-8,11-12H,9-10H2,1H3,(H,19,22);1H. The molecule has 0 aliphatic rings. The second kappa shape index (κ2) is 6.44. The van der Waals surface area contributed by atoms with Crippen molar-refractivity contribution >= 4 is 16.8 Å². The summed E-state index contributed by atoms with van der Waals surface area (Å²) in [6, 6.07) is 16.0. The summed E-state index contributed by atoms with van der Waals surface area (Å²) in [5.41, 5.74) is 3.97. The number of carbonyl (C=O) groups excluding carboxylic acids is 1. The molecule has 2 aromatic carbocycles. The molecular weight excluding hydrogens is 290 g/mol. The highest BCUT2D eigenvalue weighted by atomic mass is 16.3. The zero-order chi connectivity index (χ0) is 16.2. The fraction of sp³-hybridized carbons (Fsp3) is 0.167. The number of nitrogens with zero attached hydrogens (tertiary/aromatic N) is 2. The first kappa shape index (κ1) is 15.0. The summed E-state index contributed by atoms with van der Waals surface area (Å²) in [5.74, 6) is -0.0628. The number of benzene rings is 2. The van der Waals surface area contributed by atoms with Crippen molar-refractivity contribution in [3.05, 3.63) is 65.2 Å². The quantitative estimate of drug-likeness (QED) is 0.729. The minimum atomic E-state index is -0.0628. The number of rotatable bonds is 5. The molecule has 1 heterocycles. The van der Waals surface area contributed by atoms with Crippen LogP contribution in [0.25, 0.3) is 22.0 Å². The van der Waals surface area contributed by atoms with Crippen LogP contribution in [0.4, 0.5) is 0 Å². The van der Waals surface area contributed by atoms with Gasteiger partial charge in [-0.1, -0.05) is 36.4 Å². The number of hydrogen-bond donors (Lipinski definition) is 1. The van der Waals surface area contributed by atoms with Crippen LogP contribution >= 0.6 is 0 Å². The lowest BCUT2D eigenvalue weighted by atomic mass is 10.0.